The van der Waals surface area contributed by atoms with Crippen LogP contribution in [0.4, 0.5) is 18.9 Å². The number of benzene rings is 1. The molecular formula is C10H4ClF3N2O3S. The lowest BCUT2D eigenvalue weighted by molar-refractivity contribution is -0.385. The first-order chi connectivity index (χ1) is 9.27. The van der Waals surface area contributed by atoms with Crippen molar-refractivity contribution in [3.8, 4) is 10.9 Å². The number of alkyl halides is 3. The van der Waals surface area contributed by atoms with Crippen molar-refractivity contribution in [3.63, 3.8) is 0 Å². The van der Waals surface area contributed by atoms with Crippen molar-refractivity contribution in [2.24, 2.45) is 0 Å². The second-order valence-corrected chi connectivity index (χ2v) is 4.68. The van der Waals surface area contributed by atoms with Crippen molar-refractivity contribution in [1.29, 1.82) is 0 Å². The Morgan fingerprint density at radius 3 is 2.60 bits per heavy atom. The van der Waals surface area contributed by atoms with Gasteiger partial charge in [-0.3, -0.25) is 10.1 Å². The molecule has 2 rings (SSSR count). The predicted molar refractivity (Wildman–Crippen MR) is 65.3 cm³/mol. The molecule has 0 bridgehead atoms. The van der Waals surface area contributed by atoms with E-state index in [1.165, 1.54) is 5.38 Å². The molecule has 106 valence electrons. The fraction of sp³-hybridized carbons (Fsp3) is 0.100. The van der Waals surface area contributed by atoms with Gasteiger partial charge in [0.05, 0.1) is 10.5 Å². The molecule has 0 aliphatic carbocycles. The maximum Gasteiger partial charge on any atom is 0.416 e. The molecule has 0 atom stereocenters. The maximum absolute atomic E-state index is 12.5. The van der Waals surface area contributed by atoms with Gasteiger partial charge < -0.3 is 4.74 Å². The second kappa shape index (κ2) is 5.25. The van der Waals surface area contributed by atoms with E-state index >= 15 is 0 Å². The summed E-state index contributed by atoms with van der Waals surface area (Å²) in [4.78, 5) is 13.5. The lowest BCUT2D eigenvalue weighted by atomic mass is 10.2. The monoisotopic (exact) mass is 324 g/mol. The van der Waals surface area contributed by atoms with Crippen molar-refractivity contribution < 1.29 is 22.8 Å². The minimum absolute atomic E-state index is 0.00198. The molecule has 0 fully saturated rings. The first-order valence-corrected chi connectivity index (χ1v) is 6.17. The number of hydrogen-bond acceptors (Lipinski definition) is 5. The van der Waals surface area contributed by atoms with Crippen LogP contribution in [-0.4, -0.2) is 9.91 Å². The van der Waals surface area contributed by atoms with Crippen LogP contribution in [0.25, 0.3) is 0 Å². The average molecular weight is 325 g/mol. The Labute approximate surface area is 118 Å². The molecule has 0 spiro atoms. The summed E-state index contributed by atoms with van der Waals surface area (Å²) in [5, 5.41) is 12.4. The lowest BCUT2D eigenvalue weighted by Gasteiger charge is -2.08. The van der Waals surface area contributed by atoms with Gasteiger partial charge in [0, 0.05) is 11.4 Å². The van der Waals surface area contributed by atoms with Gasteiger partial charge in [-0.1, -0.05) is 22.9 Å². The molecule has 0 saturated carbocycles. The van der Waals surface area contributed by atoms with E-state index in [4.69, 9.17) is 16.3 Å². The minimum atomic E-state index is -4.67. The van der Waals surface area contributed by atoms with Crippen LogP contribution in [0.3, 0.4) is 0 Å². The van der Waals surface area contributed by atoms with Gasteiger partial charge in [-0.05, 0) is 12.1 Å². The normalized spacial score (nSPS) is 11.4. The molecule has 0 amide bonds. The third-order valence-corrected chi connectivity index (χ3v) is 3.18. The molecule has 0 unspecified atom stereocenters. The van der Waals surface area contributed by atoms with Crippen molar-refractivity contribution in [2.75, 3.05) is 0 Å². The van der Waals surface area contributed by atoms with E-state index < -0.39 is 22.4 Å². The molecule has 0 saturated heterocycles. The van der Waals surface area contributed by atoms with Crippen molar-refractivity contribution in [1.82, 2.24) is 4.98 Å². The fourth-order valence-electron chi connectivity index (χ4n) is 1.30. The summed E-state index contributed by atoms with van der Waals surface area (Å²) in [5.74, 6) is -0.339. The van der Waals surface area contributed by atoms with E-state index in [-0.39, 0.29) is 16.1 Å². The summed E-state index contributed by atoms with van der Waals surface area (Å²) in [6.45, 7) is 0. The Morgan fingerprint density at radius 1 is 1.40 bits per heavy atom. The van der Waals surface area contributed by atoms with Crippen molar-refractivity contribution >= 4 is 28.6 Å². The topological polar surface area (TPSA) is 65.3 Å². The molecule has 0 radical (unpaired) electrons. The van der Waals surface area contributed by atoms with Crippen LogP contribution >= 0.6 is 22.9 Å². The number of halogens is 4. The van der Waals surface area contributed by atoms with Gasteiger partial charge in [-0.15, -0.1) is 0 Å². The molecule has 5 nitrogen and oxygen atoms in total. The highest BCUT2D eigenvalue weighted by Crippen LogP contribution is 2.38. The van der Waals surface area contributed by atoms with Crippen LogP contribution < -0.4 is 4.74 Å². The van der Waals surface area contributed by atoms with E-state index in [1.54, 1.807) is 0 Å². The molecule has 1 heterocycles. The first kappa shape index (κ1) is 14.5. The van der Waals surface area contributed by atoms with Gasteiger partial charge in [0.2, 0.25) is 5.75 Å². The zero-order valence-electron chi connectivity index (χ0n) is 9.35. The highest BCUT2D eigenvalue weighted by Gasteiger charge is 2.33. The van der Waals surface area contributed by atoms with E-state index in [9.17, 15) is 23.3 Å². The van der Waals surface area contributed by atoms with E-state index in [2.05, 4.69) is 4.98 Å². The van der Waals surface area contributed by atoms with Gasteiger partial charge in [0.25, 0.3) is 5.19 Å². The van der Waals surface area contributed by atoms with Crippen LogP contribution in [0.2, 0.25) is 5.15 Å². The maximum atomic E-state index is 12.5. The van der Waals surface area contributed by atoms with E-state index in [1.807, 2.05) is 0 Å². The zero-order valence-corrected chi connectivity index (χ0v) is 10.9. The summed E-state index contributed by atoms with van der Waals surface area (Å²) in [6.07, 6.45) is -4.67. The molecule has 1 aromatic carbocycles. The number of hydrogen-bond donors (Lipinski definition) is 0. The smallest absolute Gasteiger partial charge is 0.416 e. The SMILES string of the molecule is O=[N+]([O-])c1cc(C(F)(F)F)ccc1Oc1nc(Cl)cs1. The lowest BCUT2D eigenvalue weighted by Crippen LogP contribution is -2.06. The number of ether oxygens (including phenoxy) is 1. The minimum Gasteiger partial charge on any atom is -0.423 e. The number of nitrogens with zero attached hydrogens (tertiary/aromatic N) is 2. The highest BCUT2D eigenvalue weighted by atomic mass is 35.5. The van der Waals surface area contributed by atoms with E-state index in [0.29, 0.717) is 12.1 Å². The molecule has 10 heteroatoms. The molecular weight excluding hydrogens is 321 g/mol. The van der Waals surface area contributed by atoms with Gasteiger partial charge in [-0.25, -0.2) is 0 Å². The Hall–Kier alpha value is -1.87. The number of nitro benzene ring substituents is 1. The van der Waals surface area contributed by atoms with E-state index in [0.717, 1.165) is 17.4 Å². The number of thiazole rings is 1. The molecule has 2 aromatic rings. The summed E-state index contributed by atoms with van der Waals surface area (Å²) < 4.78 is 42.6. The van der Waals surface area contributed by atoms with Gasteiger partial charge in [0.15, 0.2) is 0 Å². The van der Waals surface area contributed by atoms with Crippen LogP contribution in [0.15, 0.2) is 23.6 Å². The first-order valence-electron chi connectivity index (χ1n) is 4.92. The summed E-state index contributed by atoms with van der Waals surface area (Å²) in [5.41, 5.74) is -1.93. The number of aromatic nitrogens is 1. The molecule has 20 heavy (non-hydrogen) atoms. The summed E-state index contributed by atoms with van der Waals surface area (Å²) in [6, 6.07) is 1.97. The third-order valence-electron chi connectivity index (χ3n) is 2.14. The van der Waals surface area contributed by atoms with Crippen molar-refractivity contribution in [2.45, 2.75) is 6.18 Å². The highest BCUT2D eigenvalue weighted by molar-refractivity contribution is 7.11. The fourth-order valence-corrected chi connectivity index (χ4v) is 2.10. The van der Waals surface area contributed by atoms with Crippen molar-refractivity contribution in [3.05, 3.63) is 44.4 Å². The molecule has 0 aliphatic heterocycles. The van der Waals surface area contributed by atoms with Crippen LogP contribution in [0.1, 0.15) is 5.56 Å². The molecule has 0 aliphatic rings. The molecule has 1 aromatic heterocycles. The number of rotatable bonds is 3. The second-order valence-electron chi connectivity index (χ2n) is 3.48. The molecule has 0 N–H and O–H groups in total. The van der Waals surface area contributed by atoms with Gasteiger partial charge >= 0.3 is 11.9 Å². The van der Waals surface area contributed by atoms with Crippen LogP contribution in [0, 0.1) is 10.1 Å². The average Bonchev–Trinajstić information content (AvgIpc) is 2.73. The largest absolute Gasteiger partial charge is 0.423 e. The predicted octanol–water partition coefficient (Wildman–Crippen LogP) is 4.52. The Balaban J connectivity index is 2.40. The summed E-state index contributed by atoms with van der Waals surface area (Å²) in [7, 11) is 0. The zero-order chi connectivity index (χ0) is 14.9. The van der Waals surface area contributed by atoms with Gasteiger partial charge in [-0.2, -0.15) is 18.2 Å². The Bertz CT molecular complexity index is 659. The van der Waals surface area contributed by atoms with Crippen LogP contribution in [-0.2, 0) is 6.18 Å². The Morgan fingerprint density at radius 2 is 2.10 bits per heavy atom. The number of nitro groups is 1. The van der Waals surface area contributed by atoms with Gasteiger partial charge in [0.1, 0.15) is 5.15 Å². The van der Waals surface area contributed by atoms with Crippen LogP contribution in [0.5, 0.6) is 10.9 Å². The Kier molecular flexibility index (Phi) is 3.82. The summed E-state index contributed by atoms with van der Waals surface area (Å²) >= 11 is 6.52. The quantitative estimate of drug-likeness (QED) is 0.615. The standard InChI is InChI=1S/C10H4ClF3N2O3S/c11-8-4-20-9(15-8)19-7-2-1-5(10(12,13)14)3-6(7)16(17)18/h1-4H. The third kappa shape index (κ3) is 3.17.